The molecule has 0 bridgehead atoms. The Morgan fingerprint density at radius 3 is 2.72 bits per heavy atom. The summed E-state index contributed by atoms with van der Waals surface area (Å²) in [6.45, 7) is 0. The molecule has 5 heteroatoms. The van der Waals surface area contributed by atoms with Crippen molar-refractivity contribution in [3.8, 4) is 0 Å². The Balaban J connectivity index is 1.88. The third-order valence-corrected chi connectivity index (χ3v) is 3.37. The number of hydrogen-bond donors (Lipinski definition) is 1. The number of pyridine rings is 1. The topological polar surface area (TPSA) is 54.9 Å². The minimum Gasteiger partial charge on any atom is -0.320 e. The van der Waals surface area contributed by atoms with Crippen molar-refractivity contribution in [3.05, 3.63) is 53.7 Å². The van der Waals surface area contributed by atoms with Crippen molar-refractivity contribution in [1.82, 2.24) is 9.97 Å². The van der Waals surface area contributed by atoms with Crippen LogP contribution in [0, 0.1) is 0 Å². The second-order valence-electron chi connectivity index (χ2n) is 3.67. The van der Waals surface area contributed by atoms with Gasteiger partial charge in [0.2, 0.25) is 0 Å². The fourth-order valence-electron chi connectivity index (χ4n) is 1.57. The SMILES string of the molecule is O=C(Nc1ccccc1)c1nc2cccnc2s1. The molecule has 0 saturated heterocycles. The van der Waals surface area contributed by atoms with Crippen LogP contribution in [0.5, 0.6) is 0 Å². The number of para-hydroxylation sites is 1. The molecule has 3 aromatic rings. The average molecular weight is 255 g/mol. The van der Waals surface area contributed by atoms with Gasteiger partial charge in [0.25, 0.3) is 5.91 Å². The van der Waals surface area contributed by atoms with Gasteiger partial charge in [0.1, 0.15) is 10.3 Å². The van der Waals surface area contributed by atoms with Gasteiger partial charge in [-0.25, -0.2) is 9.97 Å². The van der Waals surface area contributed by atoms with Crippen molar-refractivity contribution < 1.29 is 4.79 Å². The second-order valence-corrected chi connectivity index (χ2v) is 4.64. The Kier molecular flexibility index (Phi) is 2.74. The molecule has 2 heterocycles. The number of hydrogen-bond acceptors (Lipinski definition) is 4. The highest BCUT2D eigenvalue weighted by molar-refractivity contribution is 7.20. The molecule has 0 saturated carbocycles. The molecular formula is C13H9N3OS. The molecule has 3 rings (SSSR count). The molecule has 0 spiro atoms. The summed E-state index contributed by atoms with van der Waals surface area (Å²) < 4.78 is 0. The molecule has 4 nitrogen and oxygen atoms in total. The highest BCUT2D eigenvalue weighted by Gasteiger charge is 2.12. The molecule has 1 amide bonds. The fraction of sp³-hybridized carbons (Fsp3) is 0. The number of carbonyl (C=O) groups excluding carboxylic acids is 1. The first kappa shape index (κ1) is 10.9. The number of thiazole rings is 1. The lowest BCUT2D eigenvalue weighted by Crippen LogP contribution is -2.11. The van der Waals surface area contributed by atoms with Crippen LogP contribution in [0.2, 0.25) is 0 Å². The first-order valence-corrected chi connectivity index (χ1v) is 6.22. The predicted molar refractivity (Wildman–Crippen MR) is 71.8 cm³/mol. The minimum atomic E-state index is -0.204. The fourth-order valence-corrected chi connectivity index (χ4v) is 2.38. The monoisotopic (exact) mass is 255 g/mol. The molecule has 0 fully saturated rings. The molecule has 1 N–H and O–H groups in total. The van der Waals surface area contributed by atoms with E-state index in [1.54, 1.807) is 12.3 Å². The quantitative estimate of drug-likeness (QED) is 0.766. The summed E-state index contributed by atoms with van der Waals surface area (Å²) in [5.41, 5.74) is 1.51. The molecule has 0 aliphatic rings. The van der Waals surface area contributed by atoms with Crippen LogP contribution in [0.15, 0.2) is 48.7 Å². The molecule has 0 radical (unpaired) electrons. The lowest BCUT2D eigenvalue weighted by molar-refractivity contribution is 0.102. The minimum absolute atomic E-state index is 0.204. The van der Waals surface area contributed by atoms with Gasteiger partial charge in [-0.2, -0.15) is 0 Å². The number of amides is 1. The molecule has 0 aliphatic heterocycles. The maximum Gasteiger partial charge on any atom is 0.284 e. The van der Waals surface area contributed by atoms with Gasteiger partial charge >= 0.3 is 0 Å². The number of aromatic nitrogens is 2. The summed E-state index contributed by atoms with van der Waals surface area (Å²) in [5.74, 6) is -0.204. The Hall–Kier alpha value is -2.27. The third kappa shape index (κ3) is 2.08. The van der Waals surface area contributed by atoms with E-state index in [9.17, 15) is 4.79 Å². The normalized spacial score (nSPS) is 10.4. The number of benzene rings is 1. The van der Waals surface area contributed by atoms with Crippen LogP contribution in [-0.4, -0.2) is 15.9 Å². The van der Waals surface area contributed by atoms with Gasteiger partial charge in [-0.3, -0.25) is 4.79 Å². The van der Waals surface area contributed by atoms with Crippen molar-refractivity contribution in [2.24, 2.45) is 0 Å². The molecule has 0 atom stereocenters. The Bertz CT molecular complexity index is 661. The zero-order valence-corrected chi connectivity index (χ0v) is 10.1. The summed E-state index contributed by atoms with van der Waals surface area (Å²) in [6.07, 6.45) is 1.69. The van der Waals surface area contributed by atoms with Crippen molar-refractivity contribution in [2.75, 3.05) is 5.32 Å². The molecule has 2 aromatic heterocycles. The van der Waals surface area contributed by atoms with E-state index in [1.165, 1.54) is 11.3 Å². The van der Waals surface area contributed by atoms with Crippen molar-refractivity contribution in [1.29, 1.82) is 0 Å². The highest BCUT2D eigenvalue weighted by Crippen LogP contribution is 2.20. The first-order chi connectivity index (χ1) is 8.83. The van der Waals surface area contributed by atoms with Crippen LogP contribution in [0.4, 0.5) is 5.69 Å². The van der Waals surface area contributed by atoms with Gasteiger partial charge in [0.05, 0.1) is 0 Å². The van der Waals surface area contributed by atoms with E-state index in [-0.39, 0.29) is 5.91 Å². The van der Waals surface area contributed by atoms with Crippen LogP contribution in [-0.2, 0) is 0 Å². The number of rotatable bonds is 2. The Morgan fingerprint density at radius 1 is 1.11 bits per heavy atom. The van der Waals surface area contributed by atoms with Gasteiger partial charge in [-0.1, -0.05) is 29.5 Å². The van der Waals surface area contributed by atoms with Crippen molar-refractivity contribution in [3.63, 3.8) is 0 Å². The number of nitrogens with zero attached hydrogens (tertiary/aromatic N) is 2. The zero-order valence-electron chi connectivity index (χ0n) is 9.33. The molecule has 0 unspecified atom stereocenters. The number of fused-ring (bicyclic) bond motifs is 1. The van der Waals surface area contributed by atoms with Crippen LogP contribution < -0.4 is 5.32 Å². The van der Waals surface area contributed by atoms with Gasteiger partial charge < -0.3 is 5.32 Å². The standard InChI is InChI=1S/C13H9N3OS/c17-11(15-9-5-2-1-3-6-9)13-16-10-7-4-8-14-12(10)18-13/h1-8H,(H,15,17). The molecule has 0 aliphatic carbocycles. The van der Waals surface area contributed by atoms with Gasteiger partial charge in [-0.05, 0) is 24.3 Å². The van der Waals surface area contributed by atoms with E-state index in [2.05, 4.69) is 15.3 Å². The van der Waals surface area contributed by atoms with E-state index in [0.717, 1.165) is 16.0 Å². The highest BCUT2D eigenvalue weighted by atomic mass is 32.1. The van der Waals surface area contributed by atoms with E-state index in [1.807, 2.05) is 36.4 Å². The Labute approximate surface area is 107 Å². The maximum absolute atomic E-state index is 12.0. The largest absolute Gasteiger partial charge is 0.320 e. The molecular weight excluding hydrogens is 246 g/mol. The smallest absolute Gasteiger partial charge is 0.284 e. The zero-order chi connectivity index (χ0) is 12.4. The van der Waals surface area contributed by atoms with E-state index >= 15 is 0 Å². The molecule has 18 heavy (non-hydrogen) atoms. The van der Waals surface area contributed by atoms with Crippen molar-refractivity contribution in [2.45, 2.75) is 0 Å². The second kappa shape index (κ2) is 4.54. The van der Waals surface area contributed by atoms with Crippen LogP contribution in [0.25, 0.3) is 10.3 Å². The van der Waals surface area contributed by atoms with Crippen LogP contribution in [0.1, 0.15) is 9.80 Å². The van der Waals surface area contributed by atoms with Gasteiger partial charge in [0.15, 0.2) is 5.01 Å². The molecule has 1 aromatic carbocycles. The number of nitrogens with one attached hydrogen (secondary N) is 1. The first-order valence-electron chi connectivity index (χ1n) is 5.41. The maximum atomic E-state index is 12.0. The van der Waals surface area contributed by atoms with Gasteiger partial charge in [0, 0.05) is 11.9 Å². The summed E-state index contributed by atoms with van der Waals surface area (Å²) in [4.78, 5) is 21.2. The summed E-state index contributed by atoms with van der Waals surface area (Å²) in [5, 5.41) is 3.22. The Morgan fingerprint density at radius 2 is 1.94 bits per heavy atom. The summed E-state index contributed by atoms with van der Waals surface area (Å²) >= 11 is 1.29. The van der Waals surface area contributed by atoms with E-state index < -0.39 is 0 Å². The summed E-state index contributed by atoms with van der Waals surface area (Å²) in [7, 11) is 0. The summed E-state index contributed by atoms with van der Waals surface area (Å²) in [6, 6.07) is 13.0. The van der Waals surface area contributed by atoms with Crippen molar-refractivity contribution >= 4 is 33.3 Å². The van der Waals surface area contributed by atoms with Gasteiger partial charge in [-0.15, -0.1) is 0 Å². The van der Waals surface area contributed by atoms with Crippen LogP contribution >= 0.6 is 11.3 Å². The third-order valence-electron chi connectivity index (χ3n) is 2.39. The van der Waals surface area contributed by atoms with E-state index in [4.69, 9.17) is 0 Å². The predicted octanol–water partition coefficient (Wildman–Crippen LogP) is 2.94. The molecule has 88 valence electrons. The lowest BCUT2D eigenvalue weighted by Gasteiger charge is -2.00. The average Bonchev–Trinajstić information content (AvgIpc) is 2.84. The number of anilines is 1. The number of carbonyl (C=O) groups is 1. The van der Waals surface area contributed by atoms with E-state index in [0.29, 0.717) is 5.01 Å². The lowest BCUT2D eigenvalue weighted by atomic mass is 10.3. The van der Waals surface area contributed by atoms with Crippen LogP contribution in [0.3, 0.4) is 0 Å².